The Balaban J connectivity index is 0.852. The Hall–Kier alpha value is -9.50. The molecule has 0 fully saturated rings. The first-order chi connectivity index (χ1) is 40.8. The first-order valence-corrected chi connectivity index (χ1v) is 27.7. The van der Waals surface area contributed by atoms with Crippen LogP contribution < -0.4 is 29.6 Å². The molecule has 0 aliphatic heterocycles. The molecule has 0 saturated heterocycles. The van der Waals surface area contributed by atoms with Gasteiger partial charge >= 0.3 is 11.9 Å². The monoisotopic (exact) mass is 1160 g/mol. The number of rotatable bonds is 26. The first kappa shape index (κ1) is 57.7. The van der Waals surface area contributed by atoms with Crippen LogP contribution in [0.25, 0.3) is 32.9 Å². The molecule has 10 aromatic rings. The number of nitrogens with one attached hydrogen (secondary N) is 5. The van der Waals surface area contributed by atoms with Gasteiger partial charge in [-0.1, -0.05) is 96.0 Å². The van der Waals surface area contributed by atoms with Crippen molar-refractivity contribution in [3.05, 3.63) is 235 Å². The second-order valence-electron chi connectivity index (χ2n) is 20.3. The minimum atomic E-state index is -1.01. The van der Waals surface area contributed by atoms with E-state index in [0.29, 0.717) is 60.9 Å². The lowest BCUT2D eigenvalue weighted by Crippen LogP contribution is -2.38. The molecule has 2 unspecified atom stereocenters. The Bertz CT molecular complexity index is 4100. The summed E-state index contributed by atoms with van der Waals surface area (Å²) < 4.78 is 25.7. The van der Waals surface area contributed by atoms with E-state index in [9.17, 15) is 25.1 Å². The van der Waals surface area contributed by atoms with Crippen molar-refractivity contribution >= 4 is 63.2 Å². The predicted octanol–water partition coefficient (Wildman–Crippen LogP) is 12.8. The topological polar surface area (TPSA) is 241 Å². The van der Waals surface area contributed by atoms with E-state index in [1.165, 1.54) is 12.4 Å². The van der Waals surface area contributed by atoms with Crippen LogP contribution in [0, 0.1) is 30.6 Å². The number of pyridine rings is 2. The van der Waals surface area contributed by atoms with Crippen LogP contribution in [0.3, 0.4) is 0 Å². The van der Waals surface area contributed by atoms with Gasteiger partial charge in [-0.2, -0.15) is 5.26 Å². The fourth-order valence-corrected chi connectivity index (χ4v) is 10.6. The van der Waals surface area contributed by atoms with E-state index in [0.717, 1.165) is 71.9 Å². The third-order valence-corrected chi connectivity index (χ3v) is 15.3. The van der Waals surface area contributed by atoms with Crippen LogP contribution in [0.2, 0.25) is 10.0 Å². The maximum Gasteiger partial charge on any atom is 0.321 e. The number of aliphatic carboxylic acids is 2. The number of H-pyrrole nitrogens is 2. The molecule has 16 nitrogen and oxygen atoms in total. The van der Waals surface area contributed by atoms with Crippen molar-refractivity contribution in [3.63, 3.8) is 0 Å². The van der Waals surface area contributed by atoms with Crippen LogP contribution in [0.5, 0.6) is 23.0 Å². The summed E-state index contributed by atoms with van der Waals surface area (Å²) in [6, 6.07) is 38.2. The average Bonchev–Trinajstić information content (AvgIpc) is 4.27. The molecule has 0 amide bonds. The molecular weight excluding hydrogens is 1100 g/mol. The van der Waals surface area contributed by atoms with E-state index in [4.69, 9.17) is 47.6 Å². The number of aromatic amines is 2. The van der Waals surface area contributed by atoms with Gasteiger partial charge in [0.05, 0.1) is 15.6 Å². The van der Waals surface area contributed by atoms with Gasteiger partial charge in [-0.05, 0) is 94.8 Å². The van der Waals surface area contributed by atoms with Crippen LogP contribution in [0.15, 0.2) is 159 Å². The molecule has 7 N–H and O–H groups in total. The Morgan fingerprint density at radius 3 is 1.52 bits per heavy atom. The molecule has 0 saturated carbocycles. The highest BCUT2D eigenvalue weighted by atomic mass is 35.5. The maximum atomic E-state index is 12.6. The Morgan fingerprint density at radius 1 is 0.583 bits per heavy atom. The molecule has 0 radical (unpaired) electrons. The molecule has 0 bridgehead atoms. The smallest absolute Gasteiger partial charge is 0.321 e. The van der Waals surface area contributed by atoms with E-state index in [1.807, 2.05) is 105 Å². The van der Waals surface area contributed by atoms with E-state index in [1.54, 1.807) is 48.9 Å². The summed E-state index contributed by atoms with van der Waals surface area (Å²) in [5.41, 5.74) is 12.9. The number of carboxylic acids is 2. The third kappa shape index (κ3) is 13.7. The van der Waals surface area contributed by atoms with Gasteiger partial charge in [-0.15, -0.1) is 0 Å². The number of nitrogens with zero attached hydrogens (tertiary/aromatic N) is 3. The minimum Gasteiger partial charge on any atom is -0.488 e. The zero-order valence-electron chi connectivity index (χ0n) is 45.8. The molecule has 4 aromatic heterocycles. The molecule has 18 heteroatoms. The van der Waals surface area contributed by atoms with Crippen molar-refractivity contribution in [2.24, 2.45) is 0 Å². The highest BCUT2D eigenvalue weighted by Gasteiger charge is 2.24. The van der Waals surface area contributed by atoms with E-state index < -0.39 is 24.0 Å². The second-order valence-corrected chi connectivity index (χ2v) is 21.1. The molecule has 0 spiro atoms. The number of nitriles is 1. The second kappa shape index (κ2) is 26.6. The van der Waals surface area contributed by atoms with E-state index in [-0.39, 0.29) is 52.4 Å². The number of fused-ring (bicyclic) bond motifs is 2. The summed E-state index contributed by atoms with van der Waals surface area (Å²) in [5, 5.41) is 46.8. The number of halogens is 2. The van der Waals surface area contributed by atoms with E-state index >= 15 is 0 Å². The lowest BCUT2D eigenvalue weighted by Gasteiger charge is -2.20. The minimum absolute atomic E-state index is 0.0665. The molecule has 10 rings (SSSR count). The molecule has 4 heterocycles. The van der Waals surface area contributed by atoms with Gasteiger partial charge in [0.15, 0.2) is 0 Å². The molecule has 2 atom stereocenters. The predicted molar refractivity (Wildman–Crippen MR) is 323 cm³/mol. The lowest BCUT2D eigenvalue weighted by atomic mass is 9.92. The van der Waals surface area contributed by atoms with Crippen molar-refractivity contribution in [1.82, 2.24) is 30.6 Å². The van der Waals surface area contributed by atoms with Crippen molar-refractivity contribution in [3.8, 4) is 40.2 Å². The van der Waals surface area contributed by atoms with Gasteiger partial charge in [0.1, 0.15) is 67.6 Å². The van der Waals surface area contributed by atoms with Crippen LogP contribution in [-0.2, 0) is 61.9 Å². The van der Waals surface area contributed by atoms with Crippen molar-refractivity contribution in [2.75, 3.05) is 0 Å². The number of benzene rings is 6. The molecule has 0 aliphatic carbocycles. The highest BCUT2D eigenvalue weighted by Crippen LogP contribution is 2.38. The molecule has 84 heavy (non-hydrogen) atoms. The number of hydrogen-bond donors (Lipinski definition) is 7. The lowest BCUT2D eigenvalue weighted by molar-refractivity contribution is -0.140. The Kier molecular flexibility index (Phi) is 18.3. The third-order valence-electron chi connectivity index (χ3n) is 14.7. The summed E-state index contributed by atoms with van der Waals surface area (Å²) in [6.07, 6.45) is 11.7. The van der Waals surface area contributed by atoms with Crippen molar-refractivity contribution in [2.45, 2.75) is 78.3 Å². The van der Waals surface area contributed by atoms with Gasteiger partial charge < -0.3 is 44.5 Å². The highest BCUT2D eigenvalue weighted by molar-refractivity contribution is 6.32. The van der Waals surface area contributed by atoms with Crippen LogP contribution in [-0.4, -0.2) is 60.4 Å². The fraction of sp³-hybridized carbons (Fsp3) is 0.182. The van der Waals surface area contributed by atoms with E-state index in [2.05, 4.69) is 48.8 Å². The SMILES string of the molecule is Cc1c(COc2cc(OCc3cncc(C#N)c3)c(CNC(Cc3c[nH]c4ccccc34)C(=O)O)cc2Cl)cccc1-c1cccc(COc2cc(OCc3cncc(C=N)c3)c(CNC(Cc3c[nH]c4ccccc34)C(=O)O)cc2Cl)c1C. The zero-order chi connectivity index (χ0) is 58.7. The summed E-state index contributed by atoms with van der Waals surface area (Å²) in [5.74, 6) is -0.462. The van der Waals surface area contributed by atoms with Crippen LogP contribution in [0.4, 0.5) is 0 Å². The number of carbonyl (C=O) groups is 2. The number of aromatic nitrogens is 4. The van der Waals surface area contributed by atoms with Crippen molar-refractivity contribution < 1.29 is 38.7 Å². The summed E-state index contributed by atoms with van der Waals surface area (Å²) >= 11 is 14.0. The number of para-hydroxylation sites is 2. The van der Waals surface area contributed by atoms with Crippen molar-refractivity contribution in [1.29, 1.82) is 10.7 Å². The summed E-state index contributed by atoms with van der Waals surface area (Å²) in [7, 11) is 0. The number of carboxylic acid groups (broad SMARTS) is 2. The maximum absolute atomic E-state index is 12.6. The molecule has 0 aliphatic rings. The molecular formula is C66H58Cl2N8O8. The van der Waals surface area contributed by atoms with Gasteiger partial charge in [0.2, 0.25) is 0 Å². The zero-order valence-corrected chi connectivity index (χ0v) is 47.4. The largest absolute Gasteiger partial charge is 0.488 e. The van der Waals surface area contributed by atoms with Gasteiger partial charge in [0.25, 0.3) is 0 Å². The van der Waals surface area contributed by atoms with Gasteiger partial charge in [-0.25, -0.2) is 0 Å². The Labute approximate surface area is 494 Å². The summed E-state index contributed by atoms with van der Waals surface area (Å²) in [4.78, 5) is 40.1. The molecule has 424 valence electrons. The summed E-state index contributed by atoms with van der Waals surface area (Å²) in [6.45, 7) is 4.79. The molecule has 6 aromatic carbocycles. The van der Waals surface area contributed by atoms with Crippen LogP contribution in [0.1, 0.15) is 66.8 Å². The average molecular weight is 1160 g/mol. The number of ether oxygens (including phenoxy) is 4. The standard InChI is InChI=1S/C66H58Cl2N8O8/c1-39-45(37-83-63-23-61(81-35-43-17-41(25-69)27-71-29-43)49(19-55(63)67)33-75-59(65(77)78)21-47-31-73-57-15-5-3-11-53(47)57)9-7-13-51(39)52-14-8-10-46(40(52)2)38-84-64-24-62(82-36-44-18-42(26-70)28-72-30-44)50(20-56(64)68)34-76-60(66(79)80)22-48-32-74-58-16-6-4-12-54(48)58/h3-20,23-25,27-32,59-60,69,73-76H,21-22,33-38H2,1-2H3,(H,77,78)(H,79,80). The first-order valence-electron chi connectivity index (χ1n) is 27.0. The normalized spacial score (nSPS) is 11.9. The fourth-order valence-electron chi connectivity index (χ4n) is 10.1. The van der Waals surface area contributed by atoms with Gasteiger partial charge in [0, 0.05) is 131 Å². The Morgan fingerprint density at radius 2 is 1.05 bits per heavy atom. The van der Waals surface area contributed by atoms with Crippen LogP contribution >= 0.6 is 23.2 Å². The van der Waals surface area contributed by atoms with Gasteiger partial charge in [-0.3, -0.25) is 30.2 Å². The quantitative estimate of drug-likeness (QED) is 0.0250. The number of hydrogen-bond acceptors (Lipinski definition) is 12.